The molecule has 0 radical (unpaired) electrons. The number of rotatable bonds is 4. The maximum atomic E-state index is 12.3. The van der Waals surface area contributed by atoms with Crippen molar-refractivity contribution in [2.45, 2.75) is 6.92 Å². The minimum absolute atomic E-state index is 0.115. The molecule has 114 valence electrons. The molecule has 2 N–H and O–H groups in total. The average molecular weight is 432 g/mol. The van der Waals surface area contributed by atoms with Gasteiger partial charge in [-0.25, -0.2) is 4.98 Å². The molecule has 0 bridgehead atoms. The van der Waals surface area contributed by atoms with E-state index < -0.39 is 10.8 Å². The molecular weight excluding hydrogens is 423 g/mol. The molecule has 0 fully saturated rings. The van der Waals surface area contributed by atoms with Gasteiger partial charge in [-0.15, -0.1) is 0 Å². The number of thiazole rings is 1. The second kappa shape index (κ2) is 6.79. The molecule has 10 heteroatoms. The number of nitrogens with one attached hydrogen (secondary N) is 2. The highest BCUT2D eigenvalue weighted by Crippen LogP contribution is 2.26. The van der Waals surface area contributed by atoms with Crippen molar-refractivity contribution in [2.75, 3.05) is 10.6 Å². The third-order valence-electron chi connectivity index (χ3n) is 2.43. The standard InChI is InChI=1S/C12H9IN4O4S/c1-6(18)15-9-3-2-7(13)4-8(9)11(19)16-12-14-5-10(22-12)17(20)21/h2-5H,1H3,(H,15,18)(H,14,16,19). The summed E-state index contributed by atoms with van der Waals surface area (Å²) < 4.78 is 0.807. The van der Waals surface area contributed by atoms with Gasteiger partial charge in [-0.3, -0.25) is 25.0 Å². The lowest BCUT2D eigenvalue weighted by Gasteiger charge is -2.09. The Morgan fingerprint density at radius 3 is 2.68 bits per heavy atom. The Morgan fingerprint density at radius 2 is 2.09 bits per heavy atom. The summed E-state index contributed by atoms with van der Waals surface area (Å²) in [5.74, 6) is -0.813. The molecule has 2 aromatic rings. The molecule has 0 saturated heterocycles. The second-order valence-corrected chi connectivity index (χ2v) is 6.34. The third kappa shape index (κ3) is 3.98. The van der Waals surface area contributed by atoms with Crippen molar-refractivity contribution in [3.05, 3.63) is 43.6 Å². The third-order valence-corrected chi connectivity index (χ3v) is 3.97. The number of carbonyl (C=O) groups excluding carboxylic acids is 2. The highest BCUT2D eigenvalue weighted by Gasteiger charge is 2.17. The van der Waals surface area contributed by atoms with E-state index in [1.807, 2.05) is 22.6 Å². The molecule has 0 atom stereocenters. The van der Waals surface area contributed by atoms with Crippen molar-refractivity contribution in [2.24, 2.45) is 0 Å². The van der Waals surface area contributed by atoms with Crippen LogP contribution in [0.15, 0.2) is 24.4 Å². The van der Waals surface area contributed by atoms with E-state index in [0.29, 0.717) is 5.69 Å². The van der Waals surface area contributed by atoms with Gasteiger partial charge in [-0.05, 0) is 52.1 Å². The van der Waals surface area contributed by atoms with Crippen LogP contribution >= 0.6 is 33.9 Å². The lowest BCUT2D eigenvalue weighted by Crippen LogP contribution is -2.16. The van der Waals surface area contributed by atoms with Crippen molar-refractivity contribution in [1.82, 2.24) is 4.98 Å². The molecule has 2 amide bonds. The van der Waals surface area contributed by atoms with E-state index in [1.165, 1.54) is 6.92 Å². The zero-order chi connectivity index (χ0) is 16.3. The molecular formula is C12H9IN4O4S. The van der Waals surface area contributed by atoms with E-state index in [9.17, 15) is 19.7 Å². The van der Waals surface area contributed by atoms with E-state index in [0.717, 1.165) is 21.1 Å². The van der Waals surface area contributed by atoms with Gasteiger partial charge in [0, 0.05) is 10.5 Å². The van der Waals surface area contributed by atoms with Crippen LogP contribution in [0.1, 0.15) is 17.3 Å². The molecule has 1 aromatic heterocycles. The Hall–Kier alpha value is -2.08. The number of amides is 2. The monoisotopic (exact) mass is 432 g/mol. The molecule has 0 aliphatic heterocycles. The topological polar surface area (TPSA) is 114 Å². The summed E-state index contributed by atoms with van der Waals surface area (Å²) >= 11 is 2.79. The van der Waals surface area contributed by atoms with Gasteiger partial charge in [0.05, 0.1) is 16.2 Å². The number of hydrogen-bond donors (Lipinski definition) is 2. The number of carbonyl (C=O) groups is 2. The number of anilines is 2. The van der Waals surface area contributed by atoms with Crippen LogP contribution in [0.2, 0.25) is 0 Å². The first kappa shape index (κ1) is 16.3. The van der Waals surface area contributed by atoms with E-state index in [4.69, 9.17) is 0 Å². The molecule has 0 saturated carbocycles. The van der Waals surface area contributed by atoms with Gasteiger partial charge in [0.25, 0.3) is 5.91 Å². The van der Waals surface area contributed by atoms with Crippen LogP contribution in [0.3, 0.4) is 0 Å². The quantitative estimate of drug-likeness (QED) is 0.438. The summed E-state index contributed by atoms with van der Waals surface area (Å²) in [5, 5.41) is 15.6. The molecule has 22 heavy (non-hydrogen) atoms. The van der Waals surface area contributed by atoms with E-state index in [2.05, 4.69) is 15.6 Å². The highest BCUT2D eigenvalue weighted by atomic mass is 127. The second-order valence-electron chi connectivity index (χ2n) is 4.09. The van der Waals surface area contributed by atoms with Gasteiger partial charge >= 0.3 is 5.00 Å². The summed E-state index contributed by atoms with van der Waals surface area (Å²) in [4.78, 5) is 37.3. The lowest BCUT2D eigenvalue weighted by atomic mass is 10.1. The minimum Gasteiger partial charge on any atom is -0.326 e. The molecule has 2 rings (SSSR count). The molecule has 1 aromatic carbocycles. The first-order chi connectivity index (χ1) is 10.4. The van der Waals surface area contributed by atoms with Gasteiger partial charge in [0.1, 0.15) is 6.20 Å². The van der Waals surface area contributed by atoms with Gasteiger partial charge in [0.15, 0.2) is 5.13 Å². The minimum atomic E-state index is -0.582. The Bertz CT molecular complexity index is 761. The SMILES string of the molecule is CC(=O)Nc1ccc(I)cc1C(=O)Nc1ncc([N+](=O)[O-])s1. The zero-order valence-electron chi connectivity index (χ0n) is 11.1. The van der Waals surface area contributed by atoms with Gasteiger partial charge in [-0.2, -0.15) is 0 Å². The Labute approximate surface area is 142 Å². The Morgan fingerprint density at radius 1 is 1.36 bits per heavy atom. The van der Waals surface area contributed by atoms with Crippen LogP contribution < -0.4 is 10.6 Å². The predicted octanol–water partition coefficient (Wildman–Crippen LogP) is 2.87. The van der Waals surface area contributed by atoms with Crippen LogP contribution in [-0.4, -0.2) is 21.7 Å². The highest BCUT2D eigenvalue weighted by molar-refractivity contribution is 14.1. The molecule has 0 spiro atoms. The normalized spacial score (nSPS) is 10.1. The number of nitro groups is 1. The molecule has 0 aliphatic carbocycles. The van der Waals surface area contributed by atoms with Crippen LogP contribution in [-0.2, 0) is 4.79 Å². The van der Waals surface area contributed by atoms with Crippen molar-refractivity contribution < 1.29 is 14.5 Å². The summed E-state index contributed by atoms with van der Waals surface area (Å²) in [7, 11) is 0. The number of benzene rings is 1. The molecule has 0 unspecified atom stereocenters. The fourth-order valence-corrected chi connectivity index (χ4v) is 2.69. The summed E-state index contributed by atoms with van der Waals surface area (Å²) in [6.07, 6.45) is 1.07. The average Bonchev–Trinajstić information content (AvgIpc) is 2.89. The fraction of sp³-hybridized carbons (Fsp3) is 0.0833. The van der Waals surface area contributed by atoms with Gasteiger partial charge < -0.3 is 5.32 Å². The zero-order valence-corrected chi connectivity index (χ0v) is 14.1. The molecule has 0 aliphatic rings. The van der Waals surface area contributed by atoms with E-state index >= 15 is 0 Å². The van der Waals surface area contributed by atoms with Crippen LogP contribution in [0.25, 0.3) is 0 Å². The van der Waals surface area contributed by atoms with Crippen LogP contribution in [0.5, 0.6) is 0 Å². The van der Waals surface area contributed by atoms with Gasteiger partial charge in [-0.1, -0.05) is 0 Å². The summed E-state index contributed by atoms with van der Waals surface area (Å²) in [6.45, 7) is 1.34. The number of hydrogen-bond acceptors (Lipinski definition) is 6. The van der Waals surface area contributed by atoms with Crippen LogP contribution in [0, 0.1) is 13.7 Å². The fourth-order valence-electron chi connectivity index (χ4n) is 1.58. The molecule has 8 nitrogen and oxygen atoms in total. The summed E-state index contributed by atoms with van der Waals surface area (Å²) in [6, 6.07) is 4.96. The van der Waals surface area contributed by atoms with Crippen molar-refractivity contribution in [1.29, 1.82) is 0 Å². The smallest absolute Gasteiger partial charge is 0.326 e. The lowest BCUT2D eigenvalue weighted by molar-refractivity contribution is -0.380. The largest absolute Gasteiger partial charge is 0.345 e. The maximum Gasteiger partial charge on any atom is 0.345 e. The predicted molar refractivity (Wildman–Crippen MR) is 90.2 cm³/mol. The maximum absolute atomic E-state index is 12.3. The van der Waals surface area contributed by atoms with Crippen molar-refractivity contribution in [3.63, 3.8) is 0 Å². The Balaban J connectivity index is 2.26. The van der Waals surface area contributed by atoms with Crippen molar-refractivity contribution >= 4 is 61.6 Å². The number of nitrogens with zero attached hydrogens (tertiary/aromatic N) is 2. The van der Waals surface area contributed by atoms with E-state index in [-0.39, 0.29) is 21.6 Å². The number of halogens is 1. The van der Waals surface area contributed by atoms with Gasteiger partial charge in [0.2, 0.25) is 5.91 Å². The Kier molecular flexibility index (Phi) is 5.03. The van der Waals surface area contributed by atoms with Crippen molar-refractivity contribution in [3.8, 4) is 0 Å². The first-order valence-corrected chi connectivity index (χ1v) is 7.75. The van der Waals surface area contributed by atoms with Crippen LogP contribution in [0.4, 0.5) is 15.8 Å². The number of aromatic nitrogens is 1. The summed E-state index contributed by atoms with van der Waals surface area (Å²) in [5.41, 5.74) is 0.608. The van der Waals surface area contributed by atoms with E-state index in [1.54, 1.807) is 18.2 Å². The first-order valence-electron chi connectivity index (χ1n) is 5.85. The molecule has 1 heterocycles.